The maximum absolute atomic E-state index is 14.2. The Morgan fingerprint density at radius 1 is 1.15 bits per heavy atom. The second-order valence-corrected chi connectivity index (χ2v) is 9.41. The van der Waals surface area contributed by atoms with E-state index in [1.807, 2.05) is 18.2 Å². The third-order valence-corrected chi connectivity index (χ3v) is 7.55. The van der Waals surface area contributed by atoms with E-state index >= 15 is 0 Å². The molecular weight excluding hydrogens is 424 g/mol. The highest BCUT2D eigenvalue weighted by Gasteiger charge is 2.55. The van der Waals surface area contributed by atoms with Gasteiger partial charge in [0.15, 0.2) is 0 Å². The number of carbonyl (C=O) groups excluding carboxylic acids is 2. The van der Waals surface area contributed by atoms with Crippen molar-refractivity contribution in [1.82, 2.24) is 15.2 Å². The number of nitrogens with two attached hydrogens (primary N) is 1. The highest BCUT2D eigenvalue weighted by Crippen LogP contribution is 2.56. The van der Waals surface area contributed by atoms with Crippen molar-refractivity contribution in [3.05, 3.63) is 89.5 Å². The Hall–Kier alpha value is -3.38. The number of nitrogens with zero attached hydrogens (tertiary/aromatic N) is 2. The third-order valence-electron chi connectivity index (χ3n) is 7.55. The summed E-state index contributed by atoms with van der Waals surface area (Å²) in [6, 6.07) is 18.7. The average Bonchev–Trinajstić information content (AvgIpc) is 3.42. The zero-order chi connectivity index (χ0) is 23.5. The first kappa shape index (κ1) is 22.4. The number of carbonyl (C=O) groups is 2. The van der Waals surface area contributed by atoms with Crippen LogP contribution in [-0.2, 0) is 16.6 Å². The number of benzene rings is 2. The summed E-state index contributed by atoms with van der Waals surface area (Å²) in [5.41, 5.74) is 4.06. The highest BCUT2D eigenvalue weighted by atomic mass is 16.2. The molecule has 1 fully saturated rings. The molecule has 3 aliphatic rings. The summed E-state index contributed by atoms with van der Waals surface area (Å²) in [5, 5.41) is 4.17. The van der Waals surface area contributed by atoms with Gasteiger partial charge in [0, 0.05) is 25.6 Å². The standard InChI is InChI=1S/C28H32N4O2/c29-32(20-19-31-18-17-30-27(31)34)26(33)28(16-8-11-21-9-2-1-3-10-21)24-14-6-4-12-22(24)23-13-5-7-15-25(23)28/h1-7,9-10,12-14,25H,8,11,15-20,29H2,(H,30,34). The van der Waals surface area contributed by atoms with E-state index in [1.165, 1.54) is 16.1 Å². The van der Waals surface area contributed by atoms with Crippen LogP contribution in [0.2, 0.25) is 0 Å². The van der Waals surface area contributed by atoms with Crippen molar-refractivity contribution in [1.29, 1.82) is 0 Å². The number of rotatable bonds is 8. The summed E-state index contributed by atoms with van der Waals surface area (Å²) in [5.74, 6) is 6.48. The summed E-state index contributed by atoms with van der Waals surface area (Å²) in [6.45, 7) is 2.03. The molecular formula is C28H32N4O2. The smallest absolute Gasteiger partial charge is 0.317 e. The second kappa shape index (κ2) is 9.47. The monoisotopic (exact) mass is 456 g/mol. The van der Waals surface area contributed by atoms with Gasteiger partial charge in [0.25, 0.3) is 0 Å². The molecule has 0 aromatic heterocycles. The molecule has 2 unspecified atom stereocenters. The minimum absolute atomic E-state index is 0.0451. The first-order valence-electron chi connectivity index (χ1n) is 12.2. The lowest BCUT2D eigenvalue weighted by molar-refractivity contribution is -0.139. The number of fused-ring (bicyclic) bond motifs is 3. The molecule has 0 spiro atoms. The molecule has 1 saturated heterocycles. The van der Waals surface area contributed by atoms with Crippen LogP contribution in [-0.4, -0.2) is 48.0 Å². The van der Waals surface area contributed by atoms with Gasteiger partial charge in [-0.3, -0.25) is 9.80 Å². The van der Waals surface area contributed by atoms with Crippen molar-refractivity contribution in [2.24, 2.45) is 11.8 Å². The quantitative estimate of drug-likeness (QED) is 0.362. The van der Waals surface area contributed by atoms with Crippen molar-refractivity contribution in [3.63, 3.8) is 0 Å². The number of hydrogen-bond donors (Lipinski definition) is 2. The lowest BCUT2D eigenvalue weighted by atomic mass is 9.67. The maximum atomic E-state index is 14.2. The Balaban J connectivity index is 1.44. The normalized spacial score (nSPS) is 22.7. The number of nitrogens with one attached hydrogen (secondary N) is 1. The van der Waals surface area contributed by atoms with E-state index in [-0.39, 0.29) is 17.9 Å². The molecule has 6 heteroatoms. The molecule has 3 amide bonds. The number of hydrogen-bond acceptors (Lipinski definition) is 3. The molecule has 3 N–H and O–H groups in total. The number of urea groups is 1. The van der Waals surface area contributed by atoms with Crippen LogP contribution in [0.3, 0.4) is 0 Å². The molecule has 176 valence electrons. The Labute approximate surface area is 201 Å². The van der Waals surface area contributed by atoms with Gasteiger partial charge < -0.3 is 10.2 Å². The van der Waals surface area contributed by atoms with E-state index in [4.69, 9.17) is 5.84 Å². The van der Waals surface area contributed by atoms with Crippen molar-refractivity contribution in [3.8, 4) is 0 Å². The molecule has 2 atom stereocenters. The van der Waals surface area contributed by atoms with Crippen LogP contribution < -0.4 is 11.2 Å². The lowest BCUT2D eigenvalue weighted by Crippen LogP contribution is -2.54. The molecule has 2 aromatic rings. The molecule has 5 rings (SSSR count). The first-order valence-corrected chi connectivity index (χ1v) is 12.2. The molecule has 34 heavy (non-hydrogen) atoms. The highest BCUT2D eigenvalue weighted by molar-refractivity contribution is 5.97. The van der Waals surface area contributed by atoms with E-state index in [1.54, 1.807) is 4.90 Å². The van der Waals surface area contributed by atoms with E-state index in [0.717, 1.165) is 36.8 Å². The van der Waals surface area contributed by atoms with Crippen molar-refractivity contribution in [2.75, 3.05) is 26.2 Å². The van der Waals surface area contributed by atoms with Gasteiger partial charge in [-0.15, -0.1) is 0 Å². The number of allylic oxidation sites excluding steroid dienone is 4. The van der Waals surface area contributed by atoms with Gasteiger partial charge in [0.1, 0.15) is 0 Å². The van der Waals surface area contributed by atoms with Gasteiger partial charge in [-0.1, -0.05) is 72.8 Å². The molecule has 1 aliphatic heterocycles. The van der Waals surface area contributed by atoms with E-state index in [0.29, 0.717) is 26.2 Å². The Morgan fingerprint density at radius 3 is 2.74 bits per heavy atom. The summed E-state index contributed by atoms with van der Waals surface area (Å²) >= 11 is 0. The van der Waals surface area contributed by atoms with Crippen LogP contribution in [0.15, 0.2) is 72.8 Å². The fraction of sp³-hybridized carbons (Fsp3) is 0.357. The SMILES string of the molecule is NN(CCN1CCNC1=O)C(=O)C1(CCCc2ccccc2)c2ccccc2C2=CC=CCC21. The van der Waals surface area contributed by atoms with Crippen LogP contribution in [0, 0.1) is 5.92 Å². The van der Waals surface area contributed by atoms with Gasteiger partial charge in [0.2, 0.25) is 5.91 Å². The largest absolute Gasteiger partial charge is 0.336 e. The van der Waals surface area contributed by atoms with Crippen molar-refractivity contribution < 1.29 is 9.59 Å². The number of hydrazine groups is 1. The number of amides is 3. The molecule has 6 nitrogen and oxygen atoms in total. The van der Waals surface area contributed by atoms with E-state index < -0.39 is 5.41 Å². The predicted molar refractivity (Wildman–Crippen MR) is 134 cm³/mol. The van der Waals surface area contributed by atoms with Crippen molar-refractivity contribution >= 4 is 17.5 Å². The summed E-state index contributed by atoms with van der Waals surface area (Å²) < 4.78 is 0. The molecule has 0 saturated carbocycles. The van der Waals surface area contributed by atoms with Crippen LogP contribution in [0.25, 0.3) is 5.57 Å². The molecule has 2 aliphatic carbocycles. The summed E-state index contributed by atoms with van der Waals surface area (Å²) in [6.07, 6.45) is 9.77. The average molecular weight is 457 g/mol. The molecule has 1 heterocycles. The Kier molecular flexibility index (Phi) is 6.24. The topological polar surface area (TPSA) is 78.7 Å². The maximum Gasteiger partial charge on any atom is 0.317 e. The van der Waals surface area contributed by atoms with E-state index in [2.05, 4.69) is 59.9 Å². The van der Waals surface area contributed by atoms with Crippen LogP contribution in [0.1, 0.15) is 36.0 Å². The zero-order valence-electron chi connectivity index (χ0n) is 19.5. The fourth-order valence-electron chi connectivity index (χ4n) is 5.89. The van der Waals surface area contributed by atoms with Gasteiger partial charge in [0.05, 0.1) is 12.0 Å². The Morgan fingerprint density at radius 2 is 1.94 bits per heavy atom. The summed E-state index contributed by atoms with van der Waals surface area (Å²) in [4.78, 5) is 27.9. The molecule has 2 aromatic carbocycles. The molecule has 0 bridgehead atoms. The fourth-order valence-corrected chi connectivity index (χ4v) is 5.89. The lowest BCUT2D eigenvalue weighted by Gasteiger charge is -2.39. The summed E-state index contributed by atoms with van der Waals surface area (Å²) in [7, 11) is 0. The predicted octanol–water partition coefficient (Wildman–Crippen LogP) is 3.65. The van der Waals surface area contributed by atoms with Gasteiger partial charge >= 0.3 is 6.03 Å². The first-order chi connectivity index (χ1) is 16.6. The third kappa shape index (κ3) is 3.92. The van der Waals surface area contributed by atoms with Gasteiger partial charge in [-0.05, 0) is 47.9 Å². The number of aryl methyl sites for hydroxylation is 1. The van der Waals surface area contributed by atoms with Gasteiger partial charge in [-0.2, -0.15) is 0 Å². The Bertz CT molecular complexity index is 1130. The minimum Gasteiger partial charge on any atom is -0.336 e. The van der Waals surface area contributed by atoms with Crippen LogP contribution in [0.5, 0.6) is 0 Å². The van der Waals surface area contributed by atoms with E-state index in [9.17, 15) is 9.59 Å². The van der Waals surface area contributed by atoms with Crippen LogP contribution in [0.4, 0.5) is 4.79 Å². The minimum atomic E-state index is -0.704. The van der Waals surface area contributed by atoms with Gasteiger partial charge in [-0.25, -0.2) is 10.6 Å². The second-order valence-electron chi connectivity index (χ2n) is 9.41. The van der Waals surface area contributed by atoms with Crippen molar-refractivity contribution in [2.45, 2.75) is 31.1 Å². The van der Waals surface area contributed by atoms with Crippen LogP contribution >= 0.6 is 0 Å². The molecule has 0 radical (unpaired) electrons. The zero-order valence-corrected chi connectivity index (χ0v) is 19.5.